The summed E-state index contributed by atoms with van der Waals surface area (Å²) in [7, 11) is 0. The molecule has 0 radical (unpaired) electrons. The summed E-state index contributed by atoms with van der Waals surface area (Å²) in [5.41, 5.74) is 0.570. The third-order valence-electron chi connectivity index (χ3n) is 2.72. The highest BCUT2D eigenvalue weighted by Crippen LogP contribution is 2.17. The van der Waals surface area contributed by atoms with Gasteiger partial charge in [0.05, 0.1) is 5.56 Å². The van der Waals surface area contributed by atoms with Crippen molar-refractivity contribution in [3.63, 3.8) is 0 Å². The molecule has 0 unspecified atom stereocenters. The largest absolute Gasteiger partial charge is 0.466 e. The molecule has 7 heteroatoms. The van der Waals surface area contributed by atoms with Crippen LogP contribution in [-0.2, 0) is 11.2 Å². The zero-order valence-electron chi connectivity index (χ0n) is 11.5. The van der Waals surface area contributed by atoms with Gasteiger partial charge in [0.1, 0.15) is 16.5 Å². The first kappa shape index (κ1) is 14.4. The Bertz CT molecular complexity index is 645. The van der Waals surface area contributed by atoms with Gasteiger partial charge in [-0.3, -0.25) is 9.59 Å². The third kappa shape index (κ3) is 3.51. The topological polar surface area (TPSA) is 85.1 Å². The summed E-state index contributed by atoms with van der Waals surface area (Å²) in [6.45, 7) is 5.05. The van der Waals surface area contributed by atoms with Crippen molar-refractivity contribution in [3.8, 4) is 0 Å². The molecule has 0 fully saturated rings. The van der Waals surface area contributed by atoms with Crippen LogP contribution in [0.3, 0.4) is 0 Å². The quantitative estimate of drug-likeness (QED) is 0.856. The first-order chi connectivity index (χ1) is 9.45. The van der Waals surface area contributed by atoms with Gasteiger partial charge in [0.2, 0.25) is 11.0 Å². The van der Waals surface area contributed by atoms with E-state index < -0.39 is 0 Å². The van der Waals surface area contributed by atoms with Crippen LogP contribution in [0.15, 0.2) is 10.5 Å². The number of nitrogens with one attached hydrogen (secondary N) is 1. The fourth-order valence-electron chi connectivity index (χ4n) is 1.78. The summed E-state index contributed by atoms with van der Waals surface area (Å²) in [5.74, 6) is 1.04. The molecule has 0 aliphatic carbocycles. The van der Waals surface area contributed by atoms with Crippen LogP contribution in [0.2, 0.25) is 0 Å². The van der Waals surface area contributed by atoms with Crippen molar-refractivity contribution in [1.29, 1.82) is 0 Å². The van der Waals surface area contributed by atoms with Crippen LogP contribution in [0.5, 0.6) is 0 Å². The van der Waals surface area contributed by atoms with Crippen LogP contribution >= 0.6 is 11.3 Å². The maximum atomic E-state index is 11.7. The van der Waals surface area contributed by atoms with Crippen LogP contribution in [0, 0.1) is 13.8 Å². The minimum atomic E-state index is -0.153. The van der Waals surface area contributed by atoms with Gasteiger partial charge in [-0.25, -0.2) is 0 Å². The van der Waals surface area contributed by atoms with E-state index in [0.717, 1.165) is 5.01 Å². The molecule has 2 heterocycles. The predicted octanol–water partition coefficient (Wildman–Crippen LogP) is 2.52. The van der Waals surface area contributed by atoms with E-state index in [4.69, 9.17) is 4.42 Å². The van der Waals surface area contributed by atoms with E-state index >= 15 is 0 Å². The molecule has 1 N–H and O–H groups in total. The zero-order valence-corrected chi connectivity index (χ0v) is 12.3. The molecule has 0 bridgehead atoms. The second-order valence-corrected chi connectivity index (χ2v) is 5.59. The van der Waals surface area contributed by atoms with Gasteiger partial charge in [-0.1, -0.05) is 11.3 Å². The lowest BCUT2D eigenvalue weighted by molar-refractivity contribution is -0.116. The number of aromatic nitrogens is 2. The van der Waals surface area contributed by atoms with Crippen molar-refractivity contribution in [2.45, 2.75) is 33.6 Å². The van der Waals surface area contributed by atoms with E-state index in [-0.39, 0.29) is 18.1 Å². The van der Waals surface area contributed by atoms with E-state index in [2.05, 4.69) is 15.5 Å². The molecule has 0 spiro atoms. The van der Waals surface area contributed by atoms with Gasteiger partial charge in [0, 0.05) is 12.8 Å². The molecule has 0 aromatic carbocycles. The van der Waals surface area contributed by atoms with Crippen LogP contribution in [0.1, 0.15) is 40.2 Å². The smallest absolute Gasteiger partial charge is 0.226 e. The maximum absolute atomic E-state index is 11.7. The fourth-order valence-corrected chi connectivity index (χ4v) is 2.39. The van der Waals surface area contributed by atoms with Crippen LogP contribution < -0.4 is 5.32 Å². The fraction of sp³-hybridized carbons (Fsp3) is 0.385. The first-order valence-electron chi connectivity index (χ1n) is 6.16. The van der Waals surface area contributed by atoms with Crippen molar-refractivity contribution in [2.24, 2.45) is 0 Å². The number of aryl methyl sites for hydroxylation is 3. The Morgan fingerprint density at radius 1 is 1.35 bits per heavy atom. The number of Topliss-reactive ketones (excluding diaryl/α,β-unsaturated/α-hetero) is 1. The van der Waals surface area contributed by atoms with Gasteiger partial charge in [-0.15, -0.1) is 10.2 Å². The number of carbonyl (C=O) groups excluding carboxylic acids is 2. The van der Waals surface area contributed by atoms with Gasteiger partial charge >= 0.3 is 0 Å². The molecular weight excluding hydrogens is 278 g/mol. The molecule has 106 valence electrons. The number of carbonyl (C=O) groups is 2. The van der Waals surface area contributed by atoms with Crippen LogP contribution in [0.25, 0.3) is 0 Å². The first-order valence-corrected chi connectivity index (χ1v) is 6.97. The normalized spacial score (nSPS) is 10.6. The zero-order chi connectivity index (χ0) is 14.7. The molecule has 2 rings (SSSR count). The predicted molar refractivity (Wildman–Crippen MR) is 75.0 cm³/mol. The molecule has 0 atom stereocenters. The second-order valence-electron chi connectivity index (χ2n) is 4.41. The van der Waals surface area contributed by atoms with Crippen molar-refractivity contribution < 1.29 is 14.0 Å². The standard InChI is InChI=1S/C13H15N3O3S/c1-7(17)11-6-10(19-8(11)2)4-5-12(18)14-13-16-15-9(3)20-13/h6H,4-5H2,1-3H3,(H,14,16,18). The van der Waals surface area contributed by atoms with E-state index in [1.165, 1.54) is 18.3 Å². The average Bonchev–Trinajstić information content (AvgIpc) is 2.93. The molecule has 2 aromatic rings. The second kappa shape index (κ2) is 5.96. The lowest BCUT2D eigenvalue weighted by Gasteiger charge is -1.99. The van der Waals surface area contributed by atoms with E-state index in [0.29, 0.717) is 28.6 Å². The van der Waals surface area contributed by atoms with Crippen molar-refractivity contribution >= 4 is 28.2 Å². The van der Waals surface area contributed by atoms with Gasteiger partial charge < -0.3 is 9.73 Å². The lowest BCUT2D eigenvalue weighted by atomic mass is 10.1. The summed E-state index contributed by atoms with van der Waals surface area (Å²) in [4.78, 5) is 23.0. The number of hydrogen-bond donors (Lipinski definition) is 1. The Morgan fingerprint density at radius 2 is 2.10 bits per heavy atom. The number of furan rings is 1. The molecule has 20 heavy (non-hydrogen) atoms. The molecule has 1 amide bonds. The molecular formula is C13H15N3O3S. The number of nitrogens with zero attached hydrogens (tertiary/aromatic N) is 2. The molecule has 6 nitrogen and oxygen atoms in total. The number of hydrogen-bond acceptors (Lipinski definition) is 6. The lowest BCUT2D eigenvalue weighted by Crippen LogP contribution is -2.11. The molecule has 2 aromatic heterocycles. The number of ketones is 1. The summed E-state index contributed by atoms with van der Waals surface area (Å²) in [5, 5.41) is 11.6. The molecule has 0 aliphatic heterocycles. The summed E-state index contributed by atoms with van der Waals surface area (Å²) in [6.07, 6.45) is 0.709. The van der Waals surface area contributed by atoms with Gasteiger partial charge in [-0.05, 0) is 26.8 Å². The van der Waals surface area contributed by atoms with E-state index in [1.807, 2.05) is 6.92 Å². The van der Waals surface area contributed by atoms with Crippen LogP contribution in [0.4, 0.5) is 5.13 Å². The Labute approximate surface area is 120 Å². The Hall–Kier alpha value is -2.02. The van der Waals surface area contributed by atoms with Gasteiger partial charge in [-0.2, -0.15) is 0 Å². The monoisotopic (exact) mass is 293 g/mol. The number of amides is 1. The van der Waals surface area contributed by atoms with Gasteiger partial charge in [0.25, 0.3) is 0 Å². The molecule has 0 saturated heterocycles. The Morgan fingerprint density at radius 3 is 2.65 bits per heavy atom. The number of anilines is 1. The van der Waals surface area contributed by atoms with E-state index in [9.17, 15) is 9.59 Å². The van der Waals surface area contributed by atoms with Crippen molar-refractivity contribution in [2.75, 3.05) is 5.32 Å². The summed E-state index contributed by atoms with van der Waals surface area (Å²) >= 11 is 1.33. The highest BCUT2D eigenvalue weighted by Gasteiger charge is 2.13. The molecule has 0 aliphatic rings. The SMILES string of the molecule is CC(=O)c1cc(CCC(=O)Nc2nnc(C)s2)oc1C. The summed E-state index contributed by atoms with van der Waals surface area (Å²) in [6, 6.07) is 1.69. The highest BCUT2D eigenvalue weighted by atomic mass is 32.1. The Kier molecular flexibility index (Phi) is 4.29. The average molecular weight is 293 g/mol. The van der Waals surface area contributed by atoms with Gasteiger partial charge in [0.15, 0.2) is 5.78 Å². The Balaban J connectivity index is 1.90. The third-order valence-corrected chi connectivity index (χ3v) is 3.47. The highest BCUT2D eigenvalue weighted by molar-refractivity contribution is 7.15. The molecule has 0 saturated carbocycles. The maximum Gasteiger partial charge on any atom is 0.226 e. The van der Waals surface area contributed by atoms with Crippen LogP contribution in [-0.4, -0.2) is 21.9 Å². The van der Waals surface area contributed by atoms with Crippen molar-refractivity contribution in [3.05, 3.63) is 28.2 Å². The number of rotatable bonds is 5. The van der Waals surface area contributed by atoms with Crippen molar-refractivity contribution in [1.82, 2.24) is 10.2 Å². The minimum Gasteiger partial charge on any atom is -0.466 e. The summed E-state index contributed by atoms with van der Waals surface area (Å²) < 4.78 is 5.45. The minimum absolute atomic E-state index is 0.0358. The van der Waals surface area contributed by atoms with E-state index in [1.54, 1.807) is 13.0 Å².